The molecule has 1 aliphatic rings. The molecule has 1 amide bonds. The lowest BCUT2D eigenvalue weighted by atomic mass is 10.2. The fourth-order valence-electron chi connectivity index (χ4n) is 3.53. The second-order valence-electron chi connectivity index (χ2n) is 7.41. The van der Waals surface area contributed by atoms with Crippen LogP contribution in [0.15, 0.2) is 60.9 Å². The van der Waals surface area contributed by atoms with Crippen LogP contribution in [-0.4, -0.2) is 47.0 Å². The molecule has 2 heterocycles. The maximum atomic E-state index is 12.8. The molecule has 1 saturated heterocycles. The van der Waals surface area contributed by atoms with Crippen LogP contribution >= 0.6 is 0 Å². The number of benzene rings is 2. The molecule has 1 fully saturated rings. The summed E-state index contributed by atoms with van der Waals surface area (Å²) in [6, 6.07) is 16.5. The van der Waals surface area contributed by atoms with Crippen molar-refractivity contribution in [3.63, 3.8) is 0 Å². The Morgan fingerprint density at radius 3 is 2.21 bits per heavy atom. The van der Waals surface area contributed by atoms with Gasteiger partial charge in [-0.15, -0.1) is 0 Å². The van der Waals surface area contributed by atoms with E-state index in [0.717, 1.165) is 24.3 Å². The summed E-state index contributed by atoms with van der Waals surface area (Å²) in [4.78, 5) is 25.6. The zero-order valence-corrected chi connectivity index (χ0v) is 16.8. The first kappa shape index (κ1) is 18.9. The molecule has 6 nitrogen and oxygen atoms in total. The van der Waals surface area contributed by atoms with Gasteiger partial charge in [-0.3, -0.25) is 4.79 Å². The third-order valence-electron chi connectivity index (χ3n) is 5.11. The summed E-state index contributed by atoms with van der Waals surface area (Å²) in [6.07, 6.45) is 3.20. The van der Waals surface area contributed by atoms with Crippen molar-refractivity contribution in [2.24, 2.45) is 0 Å². The Morgan fingerprint density at radius 1 is 0.897 bits per heavy atom. The highest BCUT2D eigenvalue weighted by Crippen LogP contribution is 2.19. The maximum absolute atomic E-state index is 12.8. The van der Waals surface area contributed by atoms with Crippen molar-refractivity contribution in [2.75, 3.05) is 36.4 Å². The second kappa shape index (κ2) is 8.31. The van der Waals surface area contributed by atoms with Gasteiger partial charge in [0.25, 0.3) is 5.91 Å². The predicted molar refractivity (Wildman–Crippen MR) is 116 cm³/mol. The van der Waals surface area contributed by atoms with Gasteiger partial charge in [0.1, 0.15) is 0 Å². The Hall–Kier alpha value is -3.41. The average Bonchev–Trinajstić information content (AvgIpc) is 2.74. The minimum Gasteiger partial charge on any atom is -0.368 e. The number of aromatic nitrogens is 2. The van der Waals surface area contributed by atoms with E-state index in [1.165, 1.54) is 11.3 Å². The maximum Gasteiger partial charge on any atom is 0.257 e. The number of nitrogens with zero attached hydrogens (tertiary/aromatic N) is 4. The summed E-state index contributed by atoms with van der Waals surface area (Å²) in [5, 5.41) is 3.17. The molecule has 0 atom stereocenters. The summed E-state index contributed by atoms with van der Waals surface area (Å²) in [6.45, 7) is 7.16. The van der Waals surface area contributed by atoms with Crippen molar-refractivity contribution < 1.29 is 4.79 Å². The molecule has 4 rings (SSSR count). The van der Waals surface area contributed by atoms with Gasteiger partial charge in [-0.05, 0) is 49.2 Å². The topological polar surface area (TPSA) is 61.4 Å². The van der Waals surface area contributed by atoms with Gasteiger partial charge in [-0.1, -0.05) is 24.3 Å². The van der Waals surface area contributed by atoms with E-state index in [4.69, 9.17) is 0 Å². The molecular formula is C23H25N5O. The van der Waals surface area contributed by atoms with Crippen molar-refractivity contribution in [3.8, 4) is 0 Å². The van der Waals surface area contributed by atoms with E-state index in [2.05, 4.69) is 51.4 Å². The molecule has 29 heavy (non-hydrogen) atoms. The second-order valence-corrected chi connectivity index (χ2v) is 7.41. The monoisotopic (exact) mass is 387 g/mol. The third kappa shape index (κ3) is 4.54. The lowest BCUT2D eigenvalue weighted by Crippen LogP contribution is -2.48. The summed E-state index contributed by atoms with van der Waals surface area (Å²) in [7, 11) is 0. The zero-order chi connectivity index (χ0) is 20.2. The Morgan fingerprint density at radius 2 is 1.55 bits per heavy atom. The SMILES string of the molecule is Cc1cccc(Nc2ncc(C(=O)N3CCN(c4cccc(C)c4)CC3)cn2)c1. The normalized spacial score (nSPS) is 14.0. The van der Waals surface area contributed by atoms with Gasteiger partial charge in [0.2, 0.25) is 5.95 Å². The van der Waals surface area contributed by atoms with Gasteiger partial charge >= 0.3 is 0 Å². The molecule has 0 bridgehead atoms. The zero-order valence-electron chi connectivity index (χ0n) is 16.8. The molecule has 0 saturated carbocycles. The molecule has 0 unspecified atom stereocenters. The summed E-state index contributed by atoms with van der Waals surface area (Å²) in [5.74, 6) is 0.465. The molecule has 1 aliphatic heterocycles. The molecule has 0 aliphatic carbocycles. The number of amides is 1. The highest BCUT2D eigenvalue weighted by atomic mass is 16.2. The van der Waals surface area contributed by atoms with Crippen LogP contribution in [0.1, 0.15) is 21.5 Å². The summed E-state index contributed by atoms with van der Waals surface area (Å²) in [5.41, 5.74) is 5.07. The van der Waals surface area contributed by atoms with Crippen LogP contribution in [0.25, 0.3) is 0 Å². The van der Waals surface area contributed by atoms with Crippen LogP contribution in [0.5, 0.6) is 0 Å². The van der Waals surface area contributed by atoms with Gasteiger partial charge in [0.15, 0.2) is 0 Å². The van der Waals surface area contributed by atoms with E-state index in [1.54, 1.807) is 12.4 Å². The highest BCUT2D eigenvalue weighted by molar-refractivity contribution is 5.94. The molecule has 1 N–H and O–H groups in total. The summed E-state index contributed by atoms with van der Waals surface area (Å²) >= 11 is 0. The number of aryl methyl sites for hydroxylation is 2. The van der Waals surface area contributed by atoms with Crippen molar-refractivity contribution >= 4 is 23.2 Å². The van der Waals surface area contributed by atoms with Crippen LogP contribution < -0.4 is 10.2 Å². The molecular weight excluding hydrogens is 362 g/mol. The molecule has 0 radical (unpaired) electrons. The van der Waals surface area contributed by atoms with E-state index < -0.39 is 0 Å². The van der Waals surface area contributed by atoms with Gasteiger partial charge < -0.3 is 15.1 Å². The van der Waals surface area contributed by atoms with Crippen LogP contribution in [0.4, 0.5) is 17.3 Å². The highest BCUT2D eigenvalue weighted by Gasteiger charge is 2.23. The number of nitrogens with one attached hydrogen (secondary N) is 1. The number of hydrogen-bond acceptors (Lipinski definition) is 5. The van der Waals surface area contributed by atoms with E-state index in [1.807, 2.05) is 36.1 Å². The fraction of sp³-hybridized carbons (Fsp3) is 0.261. The standard InChI is InChI=1S/C23H25N5O/c1-17-5-3-7-20(13-17)26-23-24-15-19(16-25-23)22(29)28-11-9-27(10-12-28)21-8-4-6-18(2)14-21/h3-8,13-16H,9-12H2,1-2H3,(H,24,25,26). The Balaban J connectivity index is 1.36. The van der Waals surface area contributed by atoms with Crippen LogP contribution in [0.3, 0.4) is 0 Å². The molecule has 0 spiro atoms. The van der Waals surface area contributed by atoms with Crippen molar-refractivity contribution in [1.29, 1.82) is 0 Å². The lowest BCUT2D eigenvalue weighted by molar-refractivity contribution is 0.0746. The molecule has 3 aromatic rings. The smallest absolute Gasteiger partial charge is 0.257 e. The quantitative estimate of drug-likeness (QED) is 0.738. The van der Waals surface area contributed by atoms with E-state index >= 15 is 0 Å². The summed E-state index contributed by atoms with van der Waals surface area (Å²) < 4.78 is 0. The number of anilines is 3. The minimum atomic E-state index is -0.0176. The van der Waals surface area contributed by atoms with Crippen molar-refractivity contribution in [2.45, 2.75) is 13.8 Å². The molecule has 2 aromatic carbocycles. The van der Waals surface area contributed by atoms with Crippen LogP contribution in [-0.2, 0) is 0 Å². The van der Waals surface area contributed by atoms with Crippen LogP contribution in [0, 0.1) is 13.8 Å². The Kier molecular flexibility index (Phi) is 5.42. The van der Waals surface area contributed by atoms with Crippen molar-refractivity contribution in [1.82, 2.24) is 14.9 Å². The first-order valence-electron chi connectivity index (χ1n) is 9.85. The largest absolute Gasteiger partial charge is 0.368 e. The number of carbonyl (C=O) groups is 1. The number of hydrogen-bond donors (Lipinski definition) is 1. The molecule has 6 heteroatoms. The lowest BCUT2D eigenvalue weighted by Gasteiger charge is -2.36. The number of carbonyl (C=O) groups excluding carboxylic acids is 1. The van der Waals surface area contributed by atoms with E-state index in [-0.39, 0.29) is 5.91 Å². The van der Waals surface area contributed by atoms with Gasteiger partial charge in [0.05, 0.1) is 5.56 Å². The Labute approximate surface area is 171 Å². The minimum absolute atomic E-state index is 0.0176. The Bertz CT molecular complexity index is 994. The fourth-order valence-corrected chi connectivity index (χ4v) is 3.53. The van der Waals surface area contributed by atoms with Gasteiger partial charge in [-0.25, -0.2) is 9.97 Å². The first-order valence-corrected chi connectivity index (χ1v) is 9.85. The number of piperazine rings is 1. The van der Waals surface area contributed by atoms with Gasteiger partial charge in [-0.2, -0.15) is 0 Å². The van der Waals surface area contributed by atoms with E-state index in [9.17, 15) is 4.79 Å². The molecule has 1 aromatic heterocycles. The number of rotatable bonds is 4. The van der Waals surface area contributed by atoms with Crippen LogP contribution in [0.2, 0.25) is 0 Å². The third-order valence-corrected chi connectivity index (χ3v) is 5.11. The van der Waals surface area contributed by atoms with Gasteiger partial charge in [0, 0.05) is 49.9 Å². The first-order chi connectivity index (χ1) is 14.1. The van der Waals surface area contributed by atoms with E-state index in [0.29, 0.717) is 24.6 Å². The van der Waals surface area contributed by atoms with Crippen molar-refractivity contribution in [3.05, 3.63) is 77.6 Å². The molecule has 148 valence electrons. The predicted octanol–water partition coefficient (Wildman–Crippen LogP) is 3.80. The average molecular weight is 387 g/mol.